The molecule has 0 aliphatic carbocycles. The summed E-state index contributed by atoms with van der Waals surface area (Å²) < 4.78 is 0.651. The summed E-state index contributed by atoms with van der Waals surface area (Å²) >= 11 is 0. The first-order valence-electron chi connectivity index (χ1n) is 10.6. The zero-order chi connectivity index (χ0) is 18.1. The number of unbranched alkanes of at least 4 members (excludes halogenated alkanes) is 8. The number of rotatable bonds is 18. The van der Waals surface area contributed by atoms with Gasteiger partial charge in [-0.2, -0.15) is 4.65 Å². The Hall–Kier alpha value is -0.410. The van der Waals surface area contributed by atoms with Crippen molar-refractivity contribution < 1.29 is 14.3 Å². The van der Waals surface area contributed by atoms with Gasteiger partial charge in [0, 0.05) is 12.8 Å². The molecule has 0 bridgehead atoms. The fourth-order valence-electron chi connectivity index (χ4n) is 3.32. The van der Waals surface area contributed by atoms with Crippen molar-refractivity contribution >= 4 is 5.78 Å². The third-order valence-electron chi connectivity index (χ3n) is 4.74. The van der Waals surface area contributed by atoms with Crippen LogP contribution in [0.25, 0.3) is 0 Å². The van der Waals surface area contributed by atoms with Gasteiger partial charge in [-0.25, -0.2) is 4.84 Å². The molecule has 0 radical (unpaired) electrons. The first-order valence-corrected chi connectivity index (χ1v) is 10.6. The molecule has 144 valence electrons. The summed E-state index contributed by atoms with van der Waals surface area (Å²) in [5, 5.41) is 0. The van der Waals surface area contributed by atoms with Crippen molar-refractivity contribution in [1.29, 1.82) is 0 Å². The molecule has 3 heteroatoms. The number of Topliss-reactive ketones (excluding diaryl/α,β-unsaturated/α-hetero) is 1. The Balaban J connectivity index is 3.55. The minimum absolute atomic E-state index is 0.373. The van der Waals surface area contributed by atoms with E-state index in [9.17, 15) is 4.79 Å². The molecule has 0 N–H and O–H groups in total. The molecule has 3 nitrogen and oxygen atoms in total. The van der Waals surface area contributed by atoms with Gasteiger partial charge in [-0.05, 0) is 19.3 Å². The maximum absolute atomic E-state index is 12.0. The van der Waals surface area contributed by atoms with Gasteiger partial charge in [-0.1, -0.05) is 72.1 Å². The Bertz CT molecular complexity index is 286. The fourth-order valence-corrected chi connectivity index (χ4v) is 3.32. The van der Waals surface area contributed by atoms with Crippen LogP contribution in [0.2, 0.25) is 0 Å². The smallest absolute Gasteiger partial charge is 0.135 e. The van der Waals surface area contributed by atoms with Crippen LogP contribution in [0.15, 0.2) is 0 Å². The predicted octanol–water partition coefficient (Wildman–Crippen LogP) is 6.06. The van der Waals surface area contributed by atoms with Crippen molar-refractivity contribution in [3.05, 3.63) is 0 Å². The Labute approximate surface area is 151 Å². The van der Waals surface area contributed by atoms with E-state index in [0.29, 0.717) is 23.5 Å². The summed E-state index contributed by atoms with van der Waals surface area (Å²) in [6.45, 7) is 9.26. The van der Waals surface area contributed by atoms with E-state index < -0.39 is 0 Å². The van der Waals surface area contributed by atoms with Crippen molar-refractivity contribution in [2.75, 3.05) is 26.7 Å². The Kier molecular flexibility index (Phi) is 15.8. The first-order chi connectivity index (χ1) is 11.6. The minimum Gasteiger partial charge on any atom is -0.300 e. The van der Waals surface area contributed by atoms with Gasteiger partial charge >= 0.3 is 0 Å². The Morgan fingerprint density at radius 1 is 0.708 bits per heavy atom. The summed E-state index contributed by atoms with van der Waals surface area (Å²) in [6.07, 6.45) is 15.3. The highest BCUT2D eigenvalue weighted by Gasteiger charge is 2.21. The van der Waals surface area contributed by atoms with E-state index in [1.165, 1.54) is 51.4 Å². The minimum atomic E-state index is 0.373. The molecule has 0 fully saturated rings. The van der Waals surface area contributed by atoms with Crippen LogP contribution < -0.4 is 0 Å². The van der Waals surface area contributed by atoms with Gasteiger partial charge in [0.05, 0.1) is 7.05 Å². The number of carbonyl (C=O) groups excluding carboxylic acids is 1. The molecule has 0 aliphatic rings. The lowest BCUT2D eigenvalue weighted by Crippen LogP contribution is -2.45. The third-order valence-corrected chi connectivity index (χ3v) is 4.74. The molecule has 0 rings (SSSR count). The monoisotopic (exact) mass is 342 g/mol. The molecule has 0 saturated carbocycles. The summed E-state index contributed by atoms with van der Waals surface area (Å²) in [5.74, 6) is 0.373. The zero-order valence-electron chi connectivity index (χ0n) is 17.1. The molecule has 0 aromatic rings. The van der Waals surface area contributed by atoms with Crippen LogP contribution >= 0.6 is 0 Å². The van der Waals surface area contributed by atoms with Crippen molar-refractivity contribution in [2.24, 2.45) is 0 Å². The molecule has 0 aromatic carbocycles. The number of ketones is 1. The van der Waals surface area contributed by atoms with Crippen molar-refractivity contribution in [2.45, 2.75) is 104 Å². The maximum atomic E-state index is 12.0. The number of nitrogens with zero attached hydrogens (tertiary/aromatic N) is 1. The van der Waals surface area contributed by atoms with Gasteiger partial charge in [0.1, 0.15) is 25.5 Å². The average molecular weight is 343 g/mol. The van der Waals surface area contributed by atoms with E-state index in [2.05, 4.69) is 27.8 Å². The van der Waals surface area contributed by atoms with Crippen molar-refractivity contribution in [1.82, 2.24) is 0 Å². The zero-order valence-corrected chi connectivity index (χ0v) is 17.1. The summed E-state index contributed by atoms with van der Waals surface area (Å²) in [7, 11) is 2.14. The van der Waals surface area contributed by atoms with E-state index in [1.807, 2.05) is 0 Å². The molecule has 0 amide bonds. The molecular weight excluding hydrogens is 298 g/mol. The molecule has 0 aliphatic heterocycles. The van der Waals surface area contributed by atoms with Gasteiger partial charge in [0.2, 0.25) is 0 Å². The normalized spacial score (nSPS) is 11.8. The van der Waals surface area contributed by atoms with E-state index in [-0.39, 0.29) is 0 Å². The maximum Gasteiger partial charge on any atom is 0.135 e. The molecule has 0 atom stereocenters. The summed E-state index contributed by atoms with van der Waals surface area (Å²) in [4.78, 5) is 18.0. The number of quaternary nitrogens is 1. The number of carbonyl (C=O) groups is 1. The average Bonchev–Trinajstić information content (AvgIpc) is 2.53. The van der Waals surface area contributed by atoms with Gasteiger partial charge < -0.3 is 0 Å². The summed E-state index contributed by atoms with van der Waals surface area (Å²) in [6, 6.07) is 0. The molecule has 0 heterocycles. The number of hydroxylamine groups is 3. The van der Waals surface area contributed by atoms with E-state index in [1.54, 1.807) is 0 Å². The van der Waals surface area contributed by atoms with Crippen molar-refractivity contribution in [3.8, 4) is 0 Å². The highest BCUT2D eigenvalue weighted by Crippen LogP contribution is 2.12. The molecule has 0 unspecified atom stereocenters. The molecule has 0 aromatic heterocycles. The lowest BCUT2D eigenvalue weighted by molar-refractivity contribution is -1.09. The second-order valence-corrected chi connectivity index (χ2v) is 7.44. The lowest BCUT2D eigenvalue weighted by atomic mass is 10.0. The Morgan fingerprint density at radius 2 is 1.21 bits per heavy atom. The van der Waals surface area contributed by atoms with Crippen LogP contribution in [0.5, 0.6) is 0 Å². The van der Waals surface area contributed by atoms with Gasteiger partial charge in [-0.15, -0.1) is 0 Å². The van der Waals surface area contributed by atoms with Crippen LogP contribution in [-0.2, 0) is 9.63 Å². The quantitative estimate of drug-likeness (QED) is 0.172. The highest BCUT2D eigenvalue weighted by molar-refractivity contribution is 5.78. The van der Waals surface area contributed by atoms with Crippen LogP contribution in [0.4, 0.5) is 0 Å². The van der Waals surface area contributed by atoms with Gasteiger partial charge in [0.25, 0.3) is 0 Å². The molecular formula is C21H44NO2+. The lowest BCUT2D eigenvalue weighted by Gasteiger charge is -2.30. The third kappa shape index (κ3) is 14.0. The molecule has 24 heavy (non-hydrogen) atoms. The highest BCUT2D eigenvalue weighted by atomic mass is 16.7. The predicted molar refractivity (Wildman–Crippen MR) is 104 cm³/mol. The van der Waals surface area contributed by atoms with Crippen LogP contribution in [0, 0.1) is 0 Å². The van der Waals surface area contributed by atoms with Crippen LogP contribution in [-0.4, -0.2) is 37.2 Å². The van der Waals surface area contributed by atoms with E-state index in [4.69, 9.17) is 4.84 Å². The number of hydrogen-bond donors (Lipinski definition) is 0. The second-order valence-electron chi connectivity index (χ2n) is 7.44. The van der Waals surface area contributed by atoms with Crippen LogP contribution in [0.3, 0.4) is 0 Å². The van der Waals surface area contributed by atoms with E-state index >= 15 is 0 Å². The molecule has 0 spiro atoms. The summed E-state index contributed by atoms with van der Waals surface area (Å²) in [5.41, 5.74) is 0. The van der Waals surface area contributed by atoms with Gasteiger partial charge in [0.15, 0.2) is 0 Å². The number of hydrogen-bond acceptors (Lipinski definition) is 2. The fraction of sp³-hybridized carbons (Fsp3) is 0.952. The SMILES string of the molecule is CCCCCCCCCCCC(=O)CCO[N+](C)(CCC)CCC. The molecule has 0 saturated heterocycles. The van der Waals surface area contributed by atoms with Crippen molar-refractivity contribution in [3.63, 3.8) is 0 Å². The van der Waals surface area contributed by atoms with Gasteiger partial charge in [-0.3, -0.25) is 4.79 Å². The standard InChI is InChI=1S/C21H44NO2/c1-5-8-9-10-11-12-13-14-15-16-21(23)17-20-24-22(4,18-6-2)19-7-3/h5-20H2,1-4H3/q+1. The Morgan fingerprint density at radius 3 is 1.71 bits per heavy atom. The second kappa shape index (κ2) is 16.1. The topological polar surface area (TPSA) is 26.3 Å². The van der Waals surface area contributed by atoms with E-state index in [0.717, 1.165) is 38.8 Å². The van der Waals surface area contributed by atoms with Crippen LogP contribution in [0.1, 0.15) is 104 Å². The largest absolute Gasteiger partial charge is 0.300 e. The first kappa shape index (κ1) is 23.6.